The first-order valence-electron chi connectivity index (χ1n) is 9.83. The van der Waals surface area contributed by atoms with Crippen molar-refractivity contribution in [2.75, 3.05) is 18.2 Å². The van der Waals surface area contributed by atoms with Gasteiger partial charge in [0.05, 0.1) is 23.4 Å². The molecule has 1 N–H and O–H groups in total. The maximum absolute atomic E-state index is 12.5. The third-order valence-corrected chi connectivity index (χ3v) is 6.48. The summed E-state index contributed by atoms with van der Waals surface area (Å²) in [5.41, 5.74) is 2.94. The molecule has 1 amide bonds. The molecule has 0 unspecified atom stereocenters. The number of aromatic nitrogens is 3. The molecule has 4 aromatic rings. The molecule has 0 saturated heterocycles. The van der Waals surface area contributed by atoms with E-state index in [9.17, 15) is 4.79 Å². The van der Waals surface area contributed by atoms with Crippen molar-refractivity contribution in [1.82, 2.24) is 14.8 Å². The molecule has 0 radical (unpaired) electrons. The Hall–Kier alpha value is -3.10. The predicted octanol–water partition coefficient (Wildman–Crippen LogP) is 5.30. The second kappa shape index (κ2) is 9.80. The molecule has 0 aliphatic heterocycles. The molecule has 6 nitrogen and oxygen atoms in total. The lowest BCUT2D eigenvalue weighted by molar-refractivity contribution is -0.113. The predicted molar refractivity (Wildman–Crippen MR) is 126 cm³/mol. The highest BCUT2D eigenvalue weighted by Crippen LogP contribution is 2.31. The number of nitrogens with one attached hydrogen (secondary N) is 1. The average Bonchev–Trinajstić information content (AvgIpc) is 3.48. The molecular formula is C23H22N4O2S2. The van der Waals surface area contributed by atoms with Gasteiger partial charge in [-0.15, -0.1) is 21.5 Å². The second-order valence-corrected chi connectivity index (χ2v) is 8.59. The van der Waals surface area contributed by atoms with Crippen molar-refractivity contribution < 1.29 is 9.53 Å². The molecule has 8 heteroatoms. The van der Waals surface area contributed by atoms with E-state index >= 15 is 0 Å². The zero-order chi connectivity index (χ0) is 21.6. The summed E-state index contributed by atoms with van der Waals surface area (Å²) in [6.45, 7) is 2.10. The highest BCUT2D eigenvalue weighted by molar-refractivity contribution is 7.99. The molecule has 0 saturated carbocycles. The summed E-state index contributed by atoms with van der Waals surface area (Å²) in [7, 11) is 1.64. The number of thiophene rings is 1. The fourth-order valence-corrected chi connectivity index (χ4v) is 4.49. The van der Waals surface area contributed by atoms with Crippen molar-refractivity contribution in [3.8, 4) is 22.1 Å². The molecule has 4 rings (SSSR count). The van der Waals surface area contributed by atoms with Gasteiger partial charge in [0.2, 0.25) is 5.91 Å². The molecule has 2 aromatic carbocycles. The van der Waals surface area contributed by atoms with Crippen molar-refractivity contribution in [1.29, 1.82) is 0 Å². The van der Waals surface area contributed by atoms with Crippen LogP contribution in [-0.2, 0) is 11.2 Å². The minimum absolute atomic E-state index is 0.0868. The van der Waals surface area contributed by atoms with Crippen LogP contribution in [0.1, 0.15) is 12.5 Å². The molecule has 0 aliphatic carbocycles. The van der Waals surface area contributed by atoms with Crippen LogP contribution in [0.4, 0.5) is 5.69 Å². The number of ether oxygens (including phenoxy) is 1. The average molecular weight is 451 g/mol. The van der Waals surface area contributed by atoms with Gasteiger partial charge < -0.3 is 10.1 Å². The highest BCUT2D eigenvalue weighted by atomic mass is 32.2. The standard InChI is InChI=1S/C23H22N4O2S2/c1-3-16-6-8-17(9-7-16)24-21(28)15-31-23-26-25-22(20-5-4-14-30-20)27(23)18-10-12-19(29-2)13-11-18/h4-14H,3,15H2,1-2H3,(H,24,28). The first-order valence-corrected chi connectivity index (χ1v) is 11.7. The Kier molecular flexibility index (Phi) is 6.69. The third kappa shape index (κ3) is 4.98. The molecule has 2 aromatic heterocycles. The molecule has 0 fully saturated rings. The Balaban J connectivity index is 1.54. The molecule has 0 spiro atoms. The van der Waals surface area contributed by atoms with E-state index in [2.05, 4.69) is 22.4 Å². The third-order valence-electron chi connectivity index (χ3n) is 4.68. The fourth-order valence-electron chi connectivity index (χ4n) is 3.04. The lowest BCUT2D eigenvalue weighted by atomic mass is 10.1. The minimum atomic E-state index is -0.0868. The normalized spacial score (nSPS) is 10.8. The Bertz CT molecular complexity index is 1140. The number of nitrogens with zero attached hydrogens (tertiary/aromatic N) is 3. The van der Waals surface area contributed by atoms with Crippen molar-refractivity contribution in [3.63, 3.8) is 0 Å². The van der Waals surface area contributed by atoms with Gasteiger partial charge in [0, 0.05) is 5.69 Å². The van der Waals surface area contributed by atoms with Gasteiger partial charge in [-0.25, -0.2) is 0 Å². The van der Waals surface area contributed by atoms with Crippen LogP contribution in [0.5, 0.6) is 5.75 Å². The van der Waals surface area contributed by atoms with Gasteiger partial charge >= 0.3 is 0 Å². The first kappa shape index (κ1) is 21.1. The van der Waals surface area contributed by atoms with Crippen molar-refractivity contribution in [2.45, 2.75) is 18.5 Å². The molecule has 0 atom stereocenters. The lowest BCUT2D eigenvalue weighted by Gasteiger charge is -2.10. The number of carbonyl (C=O) groups excluding carboxylic acids is 1. The van der Waals surface area contributed by atoms with E-state index in [4.69, 9.17) is 4.74 Å². The summed E-state index contributed by atoms with van der Waals surface area (Å²) in [6.07, 6.45) is 0.970. The summed E-state index contributed by atoms with van der Waals surface area (Å²) in [4.78, 5) is 13.5. The maximum Gasteiger partial charge on any atom is 0.234 e. The molecule has 0 bridgehead atoms. The van der Waals surface area contributed by atoms with Gasteiger partial charge in [0.15, 0.2) is 11.0 Å². The fraction of sp³-hybridized carbons (Fsp3) is 0.174. The number of hydrogen-bond acceptors (Lipinski definition) is 6. The van der Waals surface area contributed by atoms with E-state index in [1.165, 1.54) is 17.3 Å². The Morgan fingerprint density at radius 3 is 2.52 bits per heavy atom. The van der Waals surface area contributed by atoms with Crippen molar-refractivity contribution in [2.24, 2.45) is 0 Å². The number of carbonyl (C=O) groups is 1. The number of hydrogen-bond donors (Lipinski definition) is 1. The monoisotopic (exact) mass is 450 g/mol. The number of aryl methyl sites for hydroxylation is 1. The Labute approximate surface area is 189 Å². The maximum atomic E-state index is 12.5. The first-order chi connectivity index (χ1) is 15.2. The van der Waals surface area contributed by atoms with E-state index in [0.29, 0.717) is 5.16 Å². The Morgan fingerprint density at radius 2 is 1.87 bits per heavy atom. The van der Waals surface area contributed by atoms with Crippen LogP contribution in [0, 0.1) is 0 Å². The quantitative estimate of drug-likeness (QED) is 0.369. The van der Waals surface area contributed by atoms with Gasteiger partial charge in [-0.3, -0.25) is 9.36 Å². The SMILES string of the molecule is CCc1ccc(NC(=O)CSc2nnc(-c3cccs3)n2-c2ccc(OC)cc2)cc1. The topological polar surface area (TPSA) is 69.0 Å². The number of thioether (sulfide) groups is 1. The number of benzene rings is 2. The molecular weight excluding hydrogens is 428 g/mol. The second-order valence-electron chi connectivity index (χ2n) is 6.70. The van der Waals surface area contributed by atoms with Crippen LogP contribution in [0.2, 0.25) is 0 Å². The van der Waals surface area contributed by atoms with Crippen LogP contribution in [0.25, 0.3) is 16.4 Å². The highest BCUT2D eigenvalue weighted by Gasteiger charge is 2.18. The molecule has 158 valence electrons. The molecule has 0 aliphatic rings. The van der Waals surface area contributed by atoms with Crippen LogP contribution < -0.4 is 10.1 Å². The largest absolute Gasteiger partial charge is 0.497 e. The summed E-state index contributed by atoms with van der Waals surface area (Å²) >= 11 is 2.95. The summed E-state index contributed by atoms with van der Waals surface area (Å²) < 4.78 is 7.24. The van der Waals surface area contributed by atoms with E-state index in [-0.39, 0.29) is 11.7 Å². The number of amides is 1. The zero-order valence-corrected chi connectivity index (χ0v) is 18.9. The van der Waals surface area contributed by atoms with Gasteiger partial charge in [0.1, 0.15) is 5.75 Å². The molecule has 2 heterocycles. The van der Waals surface area contributed by atoms with E-state index in [1.54, 1.807) is 18.4 Å². The minimum Gasteiger partial charge on any atom is -0.497 e. The van der Waals surface area contributed by atoms with Crippen LogP contribution in [-0.4, -0.2) is 33.5 Å². The van der Waals surface area contributed by atoms with Crippen LogP contribution in [0.15, 0.2) is 71.2 Å². The van der Waals surface area contributed by atoms with E-state index in [0.717, 1.165) is 34.2 Å². The van der Waals surface area contributed by atoms with Crippen LogP contribution in [0.3, 0.4) is 0 Å². The zero-order valence-electron chi connectivity index (χ0n) is 17.2. The van der Waals surface area contributed by atoms with Gasteiger partial charge in [0.25, 0.3) is 0 Å². The van der Waals surface area contributed by atoms with Crippen LogP contribution >= 0.6 is 23.1 Å². The van der Waals surface area contributed by atoms with Gasteiger partial charge in [-0.1, -0.05) is 36.9 Å². The van der Waals surface area contributed by atoms with Gasteiger partial charge in [-0.2, -0.15) is 0 Å². The number of anilines is 1. The summed E-state index contributed by atoms with van der Waals surface area (Å²) in [6, 6.07) is 19.6. The lowest BCUT2D eigenvalue weighted by Crippen LogP contribution is -2.14. The smallest absolute Gasteiger partial charge is 0.234 e. The van der Waals surface area contributed by atoms with Crippen molar-refractivity contribution in [3.05, 3.63) is 71.6 Å². The molecule has 31 heavy (non-hydrogen) atoms. The Morgan fingerprint density at radius 1 is 1.10 bits per heavy atom. The number of methoxy groups -OCH3 is 1. The summed E-state index contributed by atoms with van der Waals surface area (Å²) in [5.74, 6) is 1.67. The van der Waals surface area contributed by atoms with E-state index in [1.807, 2.05) is 70.6 Å². The van der Waals surface area contributed by atoms with Crippen molar-refractivity contribution >= 4 is 34.7 Å². The van der Waals surface area contributed by atoms with E-state index < -0.39 is 0 Å². The van der Waals surface area contributed by atoms with Gasteiger partial charge in [-0.05, 0) is 59.8 Å². The number of rotatable bonds is 8. The summed E-state index contributed by atoms with van der Waals surface area (Å²) in [5, 5.41) is 14.4.